The molecule has 1 saturated heterocycles. The van der Waals surface area contributed by atoms with Crippen molar-refractivity contribution in [1.29, 1.82) is 0 Å². The number of carbonyl (C=O) groups excluding carboxylic acids is 2. The minimum atomic E-state index is -0.349. The van der Waals surface area contributed by atoms with Crippen LogP contribution in [0.15, 0.2) is 48.5 Å². The van der Waals surface area contributed by atoms with Crippen LogP contribution in [-0.2, 0) is 9.59 Å². The molecule has 2 aromatic rings. The molecule has 0 bridgehead atoms. The Morgan fingerprint density at radius 2 is 1.92 bits per heavy atom. The Kier molecular flexibility index (Phi) is 5.56. The van der Waals surface area contributed by atoms with Gasteiger partial charge in [-0.25, -0.2) is 0 Å². The first kappa shape index (κ1) is 18.0. The van der Waals surface area contributed by atoms with Crippen molar-refractivity contribution < 1.29 is 14.3 Å². The summed E-state index contributed by atoms with van der Waals surface area (Å²) in [4.78, 5) is 26.6. The fourth-order valence-corrected chi connectivity index (χ4v) is 3.02. The summed E-state index contributed by atoms with van der Waals surface area (Å²) in [7, 11) is 0. The van der Waals surface area contributed by atoms with Crippen molar-refractivity contribution in [2.45, 2.75) is 26.7 Å². The van der Waals surface area contributed by atoms with E-state index < -0.39 is 0 Å². The average molecular weight is 352 g/mol. The summed E-state index contributed by atoms with van der Waals surface area (Å²) in [6.07, 6.45) is 1.18. The molecule has 136 valence electrons. The zero-order valence-electron chi connectivity index (χ0n) is 15.2. The molecule has 5 nitrogen and oxygen atoms in total. The second-order valence-electron chi connectivity index (χ2n) is 6.55. The van der Waals surface area contributed by atoms with E-state index in [9.17, 15) is 9.59 Å². The lowest BCUT2D eigenvalue weighted by Gasteiger charge is -2.17. The van der Waals surface area contributed by atoms with Crippen molar-refractivity contribution in [3.63, 3.8) is 0 Å². The van der Waals surface area contributed by atoms with Crippen LogP contribution in [0.25, 0.3) is 0 Å². The van der Waals surface area contributed by atoms with Gasteiger partial charge in [-0.2, -0.15) is 0 Å². The molecule has 5 heteroatoms. The maximum Gasteiger partial charge on any atom is 0.229 e. The number of nitrogens with one attached hydrogen (secondary N) is 1. The lowest BCUT2D eigenvalue weighted by Crippen LogP contribution is -2.28. The van der Waals surface area contributed by atoms with Gasteiger partial charge in [-0.05, 0) is 49.2 Å². The van der Waals surface area contributed by atoms with Crippen molar-refractivity contribution in [3.8, 4) is 5.75 Å². The van der Waals surface area contributed by atoms with Crippen molar-refractivity contribution in [2.75, 3.05) is 23.4 Å². The van der Waals surface area contributed by atoms with E-state index >= 15 is 0 Å². The zero-order valence-corrected chi connectivity index (χ0v) is 15.2. The molecule has 0 unspecified atom stereocenters. The van der Waals surface area contributed by atoms with Crippen LogP contribution in [0.2, 0.25) is 0 Å². The number of benzene rings is 2. The third-order valence-corrected chi connectivity index (χ3v) is 4.52. The second kappa shape index (κ2) is 8.04. The molecule has 0 aromatic heterocycles. The van der Waals surface area contributed by atoms with Gasteiger partial charge in [0.25, 0.3) is 0 Å². The third-order valence-electron chi connectivity index (χ3n) is 4.52. The van der Waals surface area contributed by atoms with Gasteiger partial charge in [-0.15, -0.1) is 0 Å². The zero-order chi connectivity index (χ0) is 18.5. The Bertz CT molecular complexity index is 786. The number of nitrogens with zero attached hydrogens (tertiary/aromatic N) is 1. The van der Waals surface area contributed by atoms with Crippen LogP contribution in [0.1, 0.15) is 25.3 Å². The molecule has 26 heavy (non-hydrogen) atoms. The van der Waals surface area contributed by atoms with Crippen LogP contribution in [-0.4, -0.2) is 25.0 Å². The maximum absolute atomic E-state index is 12.6. The molecule has 0 spiro atoms. The molecule has 1 fully saturated rings. The van der Waals surface area contributed by atoms with E-state index in [1.54, 1.807) is 4.90 Å². The monoisotopic (exact) mass is 352 g/mol. The summed E-state index contributed by atoms with van der Waals surface area (Å²) in [6, 6.07) is 15.1. The quantitative estimate of drug-likeness (QED) is 0.861. The van der Waals surface area contributed by atoms with Crippen LogP contribution < -0.4 is 15.0 Å². The Balaban J connectivity index is 1.64. The van der Waals surface area contributed by atoms with Gasteiger partial charge in [0.2, 0.25) is 11.8 Å². The van der Waals surface area contributed by atoms with Gasteiger partial charge in [-0.1, -0.05) is 25.1 Å². The molecule has 1 N–H and O–H groups in total. The smallest absolute Gasteiger partial charge is 0.229 e. The molecule has 2 aromatic carbocycles. The van der Waals surface area contributed by atoms with Crippen molar-refractivity contribution in [1.82, 2.24) is 0 Å². The van der Waals surface area contributed by atoms with Gasteiger partial charge < -0.3 is 15.0 Å². The Hall–Kier alpha value is -2.82. The average Bonchev–Trinajstić information content (AvgIpc) is 3.04. The normalized spacial score (nSPS) is 16.6. The minimum absolute atomic E-state index is 0.0304. The first-order chi connectivity index (χ1) is 12.6. The van der Waals surface area contributed by atoms with E-state index in [-0.39, 0.29) is 24.2 Å². The minimum Gasteiger partial charge on any atom is -0.494 e. The lowest BCUT2D eigenvalue weighted by atomic mass is 10.1. The van der Waals surface area contributed by atoms with Gasteiger partial charge in [0, 0.05) is 24.3 Å². The summed E-state index contributed by atoms with van der Waals surface area (Å²) < 4.78 is 5.57. The molecule has 1 aliphatic heterocycles. The molecular formula is C21H24N2O3. The standard InChI is InChI=1S/C21H24N2O3/c1-3-12-26-18-10-8-17(9-11-18)23-14-16(13-20(23)24)21(25)22-19-7-5-4-6-15(19)2/h4-11,16H,3,12-14H2,1-2H3,(H,22,25)/t16-/m1/s1. The Labute approximate surface area is 154 Å². The Morgan fingerprint density at radius 3 is 2.62 bits per heavy atom. The number of ether oxygens (including phenoxy) is 1. The number of hydrogen-bond acceptors (Lipinski definition) is 3. The predicted molar refractivity (Wildman–Crippen MR) is 102 cm³/mol. The third kappa shape index (κ3) is 4.04. The topological polar surface area (TPSA) is 58.6 Å². The van der Waals surface area contributed by atoms with Gasteiger partial charge in [-0.3, -0.25) is 9.59 Å². The predicted octanol–water partition coefficient (Wildman–Crippen LogP) is 3.78. The van der Waals surface area contributed by atoms with Crippen LogP contribution in [0, 0.1) is 12.8 Å². The highest BCUT2D eigenvalue weighted by Crippen LogP contribution is 2.28. The lowest BCUT2D eigenvalue weighted by molar-refractivity contribution is -0.122. The fraction of sp³-hybridized carbons (Fsp3) is 0.333. The van der Waals surface area contributed by atoms with E-state index in [2.05, 4.69) is 12.2 Å². The number of para-hydroxylation sites is 1. The summed E-state index contributed by atoms with van der Waals surface area (Å²) >= 11 is 0. The van der Waals surface area contributed by atoms with E-state index in [1.807, 2.05) is 55.5 Å². The number of anilines is 2. The van der Waals surface area contributed by atoms with Gasteiger partial charge in [0.1, 0.15) is 5.75 Å². The molecule has 1 heterocycles. The van der Waals surface area contributed by atoms with E-state index in [0.29, 0.717) is 13.2 Å². The van der Waals surface area contributed by atoms with Crippen LogP contribution >= 0.6 is 0 Å². The summed E-state index contributed by atoms with van der Waals surface area (Å²) in [6.45, 7) is 5.07. The van der Waals surface area contributed by atoms with Crippen molar-refractivity contribution >= 4 is 23.2 Å². The molecule has 0 radical (unpaired) electrons. The highest BCUT2D eigenvalue weighted by molar-refractivity contribution is 6.03. The largest absolute Gasteiger partial charge is 0.494 e. The van der Waals surface area contributed by atoms with Crippen LogP contribution in [0.5, 0.6) is 5.75 Å². The molecule has 0 saturated carbocycles. The van der Waals surface area contributed by atoms with Gasteiger partial charge in [0.05, 0.1) is 12.5 Å². The molecular weight excluding hydrogens is 328 g/mol. The molecule has 3 rings (SSSR count). The van der Waals surface area contributed by atoms with Crippen molar-refractivity contribution in [3.05, 3.63) is 54.1 Å². The summed E-state index contributed by atoms with van der Waals surface area (Å²) in [5.41, 5.74) is 2.59. The van der Waals surface area contributed by atoms with Crippen LogP contribution in [0.4, 0.5) is 11.4 Å². The first-order valence-corrected chi connectivity index (χ1v) is 8.98. The maximum atomic E-state index is 12.6. The first-order valence-electron chi connectivity index (χ1n) is 8.98. The van der Waals surface area contributed by atoms with E-state index in [1.165, 1.54) is 0 Å². The molecule has 1 aliphatic rings. The number of hydrogen-bond donors (Lipinski definition) is 1. The van der Waals surface area contributed by atoms with Gasteiger partial charge >= 0.3 is 0 Å². The fourth-order valence-electron chi connectivity index (χ4n) is 3.02. The molecule has 0 aliphatic carbocycles. The second-order valence-corrected chi connectivity index (χ2v) is 6.55. The number of amides is 2. The number of aryl methyl sites for hydroxylation is 1. The highest BCUT2D eigenvalue weighted by Gasteiger charge is 2.35. The summed E-state index contributed by atoms with van der Waals surface area (Å²) in [5, 5.41) is 2.94. The molecule has 1 atom stereocenters. The Morgan fingerprint density at radius 1 is 1.19 bits per heavy atom. The summed E-state index contributed by atoms with van der Waals surface area (Å²) in [5.74, 6) is 0.296. The SMILES string of the molecule is CCCOc1ccc(N2C[C@H](C(=O)Nc3ccccc3C)CC2=O)cc1. The number of rotatable bonds is 6. The van der Waals surface area contributed by atoms with Gasteiger partial charge in [0.15, 0.2) is 0 Å². The van der Waals surface area contributed by atoms with Crippen LogP contribution in [0.3, 0.4) is 0 Å². The van der Waals surface area contributed by atoms with E-state index in [4.69, 9.17) is 4.74 Å². The van der Waals surface area contributed by atoms with Crippen molar-refractivity contribution in [2.24, 2.45) is 5.92 Å². The van der Waals surface area contributed by atoms with E-state index in [0.717, 1.165) is 29.1 Å². The highest BCUT2D eigenvalue weighted by atomic mass is 16.5. The number of carbonyl (C=O) groups is 2. The molecule has 2 amide bonds.